The summed E-state index contributed by atoms with van der Waals surface area (Å²) in [4.78, 5) is 7.33. The molecule has 4 heteroatoms. The molecule has 2 heterocycles. The Hall–Kier alpha value is -6.75. The van der Waals surface area contributed by atoms with Crippen molar-refractivity contribution in [3.63, 3.8) is 0 Å². The summed E-state index contributed by atoms with van der Waals surface area (Å²) in [5.74, 6) is 1.50. The Morgan fingerprint density at radius 2 is 1.08 bits per heavy atom. The molecule has 10 aromatic rings. The number of oxazole rings is 1. The maximum absolute atomic E-state index is 6.43. The van der Waals surface area contributed by atoms with Crippen molar-refractivity contribution < 1.29 is 4.42 Å². The van der Waals surface area contributed by atoms with E-state index in [1.54, 1.807) is 0 Å². The Morgan fingerprint density at radius 1 is 0.434 bits per heavy atom. The first kappa shape index (κ1) is 29.9. The van der Waals surface area contributed by atoms with Crippen molar-refractivity contribution in [1.29, 1.82) is 0 Å². The Bertz CT molecular complexity index is 2970. The zero-order valence-electron chi connectivity index (χ0n) is 28.5. The van der Waals surface area contributed by atoms with Gasteiger partial charge in [-0.3, -0.25) is 0 Å². The van der Waals surface area contributed by atoms with Crippen LogP contribution in [-0.4, -0.2) is 4.98 Å². The highest BCUT2D eigenvalue weighted by Crippen LogP contribution is 2.51. The van der Waals surface area contributed by atoms with Crippen molar-refractivity contribution >= 4 is 59.3 Å². The second kappa shape index (κ2) is 11.9. The van der Waals surface area contributed by atoms with E-state index >= 15 is 0 Å². The van der Waals surface area contributed by atoms with Crippen molar-refractivity contribution in [1.82, 2.24) is 4.98 Å². The number of aromatic nitrogens is 1. The number of thiophene rings is 1. The fraction of sp³-hybridized carbons (Fsp3) is 0. The standard InChI is InChI=1S/C49H30N2OS/c1-3-12-32(13-4-1)49-50-46-42-29-28-37(40-20-11-22-43(45(40)42)47(46)52-49)33-14-9-17-36(30-33)51(34-15-5-2-6-16-34)35-26-24-31(25-27-35)38-19-10-21-41-39-18-7-8-23-44(39)53-48(38)41/h1-30H. The van der Waals surface area contributed by atoms with Crippen molar-refractivity contribution in [2.45, 2.75) is 0 Å². The third kappa shape index (κ3) is 4.77. The minimum atomic E-state index is 0.654. The van der Waals surface area contributed by atoms with Crippen LogP contribution < -0.4 is 4.90 Å². The first-order valence-corrected chi connectivity index (χ1v) is 18.7. The Balaban J connectivity index is 0.993. The fourth-order valence-electron chi connectivity index (χ4n) is 8.04. The van der Waals surface area contributed by atoms with Gasteiger partial charge in [-0.05, 0) is 82.2 Å². The summed E-state index contributed by atoms with van der Waals surface area (Å²) in [5.41, 5.74) is 12.2. The minimum Gasteiger partial charge on any atom is -0.435 e. The molecule has 11 rings (SSSR count). The highest BCUT2D eigenvalue weighted by molar-refractivity contribution is 7.26. The summed E-state index contributed by atoms with van der Waals surface area (Å²) in [6.07, 6.45) is 0. The highest BCUT2D eigenvalue weighted by atomic mass is 32.1. The molecule has 0 amide bonds. The first-order valence-electron chi connectivity index (χ1n) is 17.9. The fourth-order valence-corrected chi connectivity index (χ4v) is 9.27. The number of nitrogens with zero attached hydrogens (tertiary/aromatic N) is 2. The molecular weight excluding hydrogens is 665 g/mol. The van der Waals surface area contributed by atoms with Gasteiger partial charge in [-0.1, -0.05) is 127 Å². The molecule has 3 nitrogen and oxygen atoms in total. The molecule has 0 atom stereocenters. The van der Waals surface area contributed by atoms with Crippen LogP contribution in [0.1, 0.15) is 0 Å². The molecule has 248 valence electrons. The molecule has 1 aliphatic rings. The molecule has 0 saturated heterocycles. The molecule has 0 radical (unpaired) electrons. The van der Waals surface area contributed by atoms with Crippen LogP contribution in [0.2, 0.25) is 0 Å². The van der Waals surface area contributed by atoms with Gasteiger partial charge in [0.05, 0.1) is 0 Å². The molecule has 0 saturated carbocycles. The molecule has 0 fully saturated rings. The third-order valence-corrected chi connectivity index (χ3v) is 11.7. The van der Waals surface area contributed by atoms with Gasteiger partial charge in [0.25, 0.3) is 0 Å². The second-order valence-corrected chi connectivity index (χ2v) is 14.6. The van der Waals surface area contributed by atoms with Crippen LogP contribution >= 0.6 is 11.3 Å². The zero-order valence-corrected chi connectivity index (χ0v) is 29.3. The van der Waals surface area contributed by atoms with Crippen LogP contribution in [0.4, 0.5) is 17.1 Å². The average Bonchev–Trinajstić information content (AvgIpc) is 3.92. The second-order valence-electron chi connectivity index (χ2n) is 13.5. The zero-order chi connectivity index (χ0) is 34.9. The Morgan fingerprint density at radius 3 is 1.92 bits per heavy atom. The van der Waals surface area contributed by atoms with Crippen LogP contribution in [0.5, 0.6) is 0 Å². The first-order chi connectivity index (χ1) is 26.3. The van der Waals surface area contributed by atoms with Crippen LogP contribution in [0, 0.1) is 0 Å². The molecule has 0 aliphatic heterocycles. The van der Waals surface area contributed by atoms with Crippen molar-refractivity contribution in [2.24, 2.45) is 0 Å². The van der Waals surface area contributed by atoms with Gasteiger partial charge >= 0.3 is 0 Å². The molecule has 0 bridgehead atoms. The summed E-state index contributed by atoms with van der Waals surface area (Å²) in [5, 5.41) is 5.02. The normalized spacial score (nSPS) is 11.8. The van der Waals surface area contributed by atoms with E-state index in [1.165, 1.54) is 47.6 Å². The minimum absolute atomic E-state index is 0.654. The number of hydrogen-bond acceptors (Lipinski definition) is 4. The predicted octanol–water partition coefficient (Wildman–Crippen LogP) is 14.3. The van der Waals surface area contributed by atoms with Gasteiger partial charge in [0.2, 0.25) is 5.89 Å². The van der Waals surface area contributed by atoms with Crippen molar-refractivity contribution in [3.05, 3.63) is 182 Å². The number of rotatable bonds is 6. The summed E-state index contributed by atoms with van der Waals surface area (Å²) >= 11 is 1.87. The average molecular weight is 695 g/mol. The van der Waals surface area contributed by atoms with E-state index in [2.05, 4.69) is 157 Å². The van der Waals surface area contributed by atoms with E-state index in [0.29, 0.717) is 5.89 Å². The van der Waals surface area contributed by atoms with E-state index in [-0.39, 0.29) is 0 Å². The van der Waals surface area contributed by atoms with Crippen molar-refractivity contribution in [2.75, 3.05) is 4.90 Å². The van der Waals surface area contributed by atoms with Gasteiger partial charge in [-0.2, -0.15) is 0 Å². The molecule has 2 aromatic heterocycles. The van der Waals surface area contributed by atoms with Gasteiger partial charge < -0.3 is 9.32 Å². The van der Waals surface area contributed by atoms with Gasteiger partial charge in [-0.15, -0.1) is 11.3 Å². The monoisotopic (exact) mass is 694 g/mol. The van der Waals surface area contributed by atoms with Gasteiger partial charge in [-0.25, -0.2) is 4.98 Å². The quantitative estimate of drug-likeness (QED) is 0.173. The van der Waals surface area contributed by atoms with E-state index in [9.17, 15) is 0 Å². The SMILES string of the molecule is c1ccc(-c2nc3c(o2)-c2cccc4c(-c5cccc(N(c6ccccc6)c6ccc(-c7cccc8c7sc7ccccc78)cc6)c5)ccc-3c24)cc1. The Labute approximate surface area is 310 Å². The molecular formula is C49H30N2OS. The summed E-state index contributed by atoms with van der Waals surface area (Å²) < 4.78 is 9.08. The Kier molecular flexibility index (Phi) is 6.73. The van der Waals surface area contributed by atoms with Gasteiger partial charge in [0.15, 0.2) is 5.76 Å². The lowest BCUT2D eigenvalue weighted by atomic mass is 9.94. The van der Waals surface area contributed by atoms with E-state index in [1.807, 2.05) is 41.7 Å². The van der Waals surface area contributed by atoms with E-state index in [0.717, 1.165) is 50.8 Å². The molecule has 1 aliphatic carbocycles. The lowest BCUT2D eigenvalue weighted by Gasteiger charge is -2.26. The molecule has 0 unspecified atom stereocenters. The molecule has 53 heavy (non-hydrogen) atoms. The summed E-state index contributed by atoms with van der Waals surface area (Å²) in [7, 11) is 0. The number of para-hydroxylation sites is 1. The predicted molar refractivity (Wildman–Crippen MR) is 222 cm³/mol. The van der Waals surface area contributed by atoms with E-state index < -0.39 is 0 Å². The van der Waals surface area contributed by atoms with Crippen molar-refractivity contribution in [3.8, 4) is 56.3 Å². The number of fused-ring (bicyclic) bond motifs is 6. The summed E-state index contributed by atoms with van der Waals surface area (Å²) in [6, 6.07) is 65.0. The lowest BCUT2D eigenvalue weighted by molar-refractivity contribution is 0.590. The van der Waals surface area contributed by atoms with Crippen LogP contribution in [-0.2, 0) is 0 Å². The molecule has 0 N–H and O–H groups in total. The maximum atomic E-state index is 6.43. The molecule has 0 spiro atoms. The van der Waals surface area contributed by atoms with E-state index in [4.69, 9.17) is 9.40 Å². The lowest BCUT2D eigenvalue weighted by Crippen LogP contribution is -2.09. The van der Waals surface area contributed by atoms with Crippen LogP contribution in [0.15, 0.2) is 186 Å². The number of anilines is 3. The largest absolute Gasteiger partial charge is 0.435 e. The summed E-state index contributed by atoms with van der Waals surface area (Å²) in [6.45, 7) is 0. The number of benzene rings is 8. The topological polar surface area (TPSA) is 29.3 Å². The number of hydrogen-bond donors (Lipinski definition) is 0. The smallest absolute Gasteiger partial charge is 0.227 e. The van der Waals surface area contributed by atoms with Crippen LogP contribution in [0.3, 0.4) is 0 Å². The highest BCUT2D eigenvalue weighted by Gasteiger charge is 2.29. The van der Waals surface area contributed by atoms with Gasteiger partial charge in [0, 0.05) is 59.3 Å². The van der Waals surface area contributed by atoms with Gasteiger partial charge in [0.1, 0.15) is 5.69 Å². The third-order valence-electron chi connectivity index (χ3n) is 10.5. The maximum Gasteiger partial charge on any atom is 0.227 e. The van der Waals surface area contributed by atoms with Crippen LogP contribution in [0.25, 0.3) is 87.2 Å². The molecule has 8 aromatic carbocycles.